The van der Waals surface area contributed by atoms with Crippen LogP contribution in [0.5, 0.6) is 0 Å². The predicted octanol–water partition coefficient (Wildman–Crippen LogP) is 3.48. The molecule has 0 atom stereocenters. The zero-order valence-electron chi connectivity index (χ0n) is 18.0. The summed E-state index contributed by atoms with van der Waals surface area (Å²) in [6.45, 7) is 1.85. The molecule has 0 aliphatic heterocycles. The molecule has 4 rings (SSSR count). The average Bonchev–Trinajstić information content (AvgIpc) is 3.38. The zero-order chi connectivity index (χ0) is 23.4. The van der Waals surface area contributed by atoms with Crippen LogP contribution in [-0.2, 0) is 21.2 Å². The Hall–Kier alpha value is -4.05. The minimum Gasteiger partial charge on any atom is -0.465 e. The normalized spacial score (nSPS) is 11.2. The maximum atomic E-state index is 13.5. The van der Waals surface area contributed by atoms with Crippen LogP contribution in [-0.4, -0.2) is 41.7 Å². The number of methoxy groups -OCH3 is 1. The number of rotatable bonds is 7. The number of tetrazole rings is 1. The number of aromatic nitrogens is 4. The van der Waals surface area contributed by atoms with E-state index in [1.807, 2.05) is 37.3 Å². The summed E-state index contributed by atoms with van der Waals surface area (Å²) in [5.74, 6) is -0.611. The highest BCUT2D eigenvalue weighted by molar-refractivity contribution is 7.92. The van der Waals surface area contributed by atoms with Gasteiger partial charge in [-0.1, -0.05) is 49.4 Å². The molecule has 9 nitrogen and oxygen atoms in total. The minimum absolute atomic E-state index is 0.0136. The first-order chi connectivity index (χ1) is 15.9. The Morgan fingerprint density at radius 1 is 1.06 bits per heavy atom. The van der Waals surface area contributed by atoms with Crippen molar-refractivity contribution in [3.63, 3.8) is 0 Å². The van der Waals surface area contributed by atoms with Gasteiger partial charge in [0, 0.05) is 5.56 Å². The molecule has 0 fully saturated rings. The molecule has 10 heteroatoms. The molecule has 33 heavy (non-hydrogen) atoms. The molecule has 1 aromatic heterocycles. The molecular formula is C23H21N5O4S. The summed E-state index contributed by atoms with van der Waals surface area (Å²) in [5, 5.41) is 11.2. The molecule has 0 aliphatic carbocycles. The van der Waals surface area contributed by atoms with Gasteiger partial charge in [-0.25, -0.2) is 17.9 Å². The second-order valence-electron chi connectivity index (χ2n) is 7.12. The van der Waals surface area contributed by atoms with E-state index in [4.69, 9.17) is 4.74 Å². The highest BCUT2D eigenvalue weighted by Crippen LogP contribution is 2.32. The lowest BCUT2D eigenvalue weighted by molar-refractivity contribution is 0.0600. The van der Waals surface area contributed by atoms with Crippen LogP contribution in [0.15, 0.2) is 78.0 Å². The van der Waals surface area contributed by atoms with Gasteiger partial charge in [0.25, 0.3) is 10.0 Å². The van der Waals surface area contributed by atoms with Crippen molar-refractivity contribution in [1.82, 2.24) is 20.2 Å². The van der Waals surface area contributed by atoms with Gasteiger partial charge in [0.1, 0.15) is 6.33 Å². The van der Waals surface area contributed by atoms with E-state index < -0.39 is 16.0 Å². The summed E-state index contributed by atoms with van der Waals surface area (Å²) in [4.78, 5) is 12.0. The zero-order valence-corrected chi connectivity index (χ0v) is 18.8. The van der Waals surface area contributed by atoms with Gasteiger partial charge in [-0.2, -0.15) is 0 Å². The van der Waals surface area contributed by atoms with Gasteiger partial charge in [-0.3, -0.25) is 4.72 Å². The van der Waals surface area contributed by atoms with Crippen molar-refractivity contribution >= 4 is 21.7 Å². The molecule has 0 spiro atoms. The number of carbonyl (C=O) groups excluding carboxylic acids is 1. The van der Waals surface area contributed by atoms with Gasteiger partial charge in [0.15, 0.2) is 0 Å². The second-order valence-corrected chi connectivity index (χ2v) is 8.77. The SMILES string of the molecule is CCc1ccc(C(=O)OC)cc1S(=O)(=O)Nc1cc(-n2cnnn2)ccc1-c1ccccc1. The van der Waals surface area contributed by atoms with Gasteiger partial charge in [-0.15, -0.1) is 5.10 Å². The van der Waals surface area contributed by atoms with Crippen molar-refractivity contribution in [2.45, 2.75) is 18.2 Å². The number of ether oxygens (including phenoxy) is 1. The molecule has 0 saturated carbocycles. The monoisotopic (exact) mass is 463 g/mol. The van der Waals surface area contributed by atoms with E-state index in [0.717, 1.165) is 5.56 Å². The summed E-state index contributed by atoms with van der Waals surface area (Å²) in [7, 11) is -2.81. The number of nitrogens with zero attached hydrogens (tertiary/aromatic N) is 4. The van der Waals surface area contributed by atoms with Crippen LogP contribution < -0.4 is 4.72 Å². The van der Waals surface area contributed by atoms with Crippen LogP contribution in [0.3, 0.4) is 0 Å². The Morgan fingerprint density at radius 3 is 2.52 bits per heavy atom. The number of nitrogens with one attached hydrogen (secondary N) is 1. The summed E-state index contributed by atoms with van der Waals surface area (Å²) >= 11 is 0. The van der Waals surface area contributed by atoms with Crippen LogP contribution in [0, 0.1) is 0 Å². The van der Waals surface area contributed by atoms with E-state index >= 15 is 0 Å². The fraction of sp³-hybridized carbons (Fsp3) is 0.130. The molecular weight excluding hydrogens is 442 g/mol. The van der Waals surface area contributed by atoms with E-state index in [2.05, 4.69) is 20.2 Å². The summed E-state index contributed by atoms with van der Waals surface area (Å²) in [5.41, 5.74) is 3.17. The molecule has 0 aliphatic rings. The topological polar surface area (TPSA) is 116 Å². The van der Waals surface area contributed by atoms with Crippen LogP contribution in [0.1, 0.15) is 22.8 Å². The van der Waals surface area contributed by atoms with E-state index in [1.165, 1.54) is 24.2 Å². The van der Waals surface area contributed by atoms with Gasteiger partial charge < -0.3 is 4.74 Å². The maximum Gasteiger partial charge on any atom is 0.337 e. The van der Waals surface area contributed by atoms with Crippen molar-refractivity contribution in [3.05, 3.63) is 84.2 Å². The number of aryl methyl sites for hydroxylation is 1. The molecule has 1 heterocycles. The predicted molar refractivity (Wildman–Crippen MR) is 123 cm³/mol. The molecule has 4 aromatic rings. The fourth-order valence-corrected chi connectivity index (χ4v) is 4.86. The number of hydrogen-bond donors (Lipinski definition) is 1. The van der Waals surface area contributed by atoms with E-state index in [0.29, 0.717) is 28.9 Å². The van der Waals surface area contributed by atoms with Gasteiger partial charge in [0.2, 0.25) is 0 Å². The van der Waals surface area contributed by atoms with Crippen LogP contribution in [0.2, 0.25) is 0 Å². The quantitative estimate of drug-likeness (QED) is 0.417. The highest BCUT2D eigenvalue weighted by Gasteiger charge is 2.22. The Labute approximate surface area is 191 Å². The number of anilines is 1. The molecule has 0 bridgehead atoms. The van der Waals surface area contributed by atoms with Gasteiger partial charge in [0.05, 0.1) is 28.9 Å². The van der Waals surface area contributed by atoms with Crippen molar-refractivity contribution in [2.75, 3.05) is 11.8 Å². The summed E-state index contributed by atoms with van der Waals surface area (Å²) in [6, 6.07) is 19.2. The minimum atomic E-state index is -4.06. The van der Waals surface area contributed by atoms with Crippen LogP contribution in [0.4, 0.5) is 5.69 Å². The molecule has 0 saturated heterocycles. The van der Waals surface area contributed by atoms with Gasteiger partial charge in [-0.05, 0) is 52.2 Å². The standard InChI is InChI=1S/C23H21N5O4S/c1-3-16-9-10-18(23(29)32-2)13-22(16)33(30,31)25-21-14-19(28-15-24-26-27-28)11-12-20(21)17-7-5-4-6-8-17/h4-15,25H,3H2,1-2H3. The van der Waals surface area contributed by atoms with Gasteiger partial charge >= 0.3 is 5.97 Å². The van der Waals surface area contributed by atoms with Crippen LogP contribution in [0.25, 0.3) is 16.8 Å². The molecule has 0 radical (unpaired) electrons. The van der Waals surface area contributed by atoms with Crippen molar-refractivity contribution in [1.29, 1.82) is 0 Å². The number of esters is 1. The van der Waals surface area contributed by atoms with Crippen molar-refractivity contribution < 1.29 is 17.9 Å². The third kappa shape index (κ3) is 4.60. The summed E-state index contributed by atoms with van der Waals surface area (Å²) in [6.07, 6.45) is 1.89. The van der Waals surface area contributed by atoms with E-state index in [9.17, 15) is 13.2 Å². The average molecular weight is 464 g/mol. The lowest BCUT2D eigenvalue weighted by atomic mass is 10.0. The summed E-state index contributed by atoms with van der Waals surface area (Å²) < 4.78 is 35.9. The number of carbonyl (C=O) groups is 1. The third-order valence-electron chi connectivity index (χ3n) is 5.10. The Bertz CT molecular complexity index is 1390. The van der Waals surface area contributed by atoms with E-state index in [-0.39, 0.29) is 10.5 Å². The molecule has 3 aromatic carbocycles. The highest BCUT2D eigenvalue weighted by atomic mass is 32.2. The maximum absolute atomic E-state index is 13.5. The first-order valence-electron chi connectivity index (χ1n) is 10.1. The fourth-order valence-electron chi connectivity index (χ4n) is 3.45. The van der Waals surface area contributed by atoms with Crippen LogP contribution >= 0.6 is 0 Å². The lowest BCUT2D eigenvalue weighted by Crippen LogP contribution is -2.17. The molecule has 0 amide bonds. The Kier molecular flexibility index (Phi) is 6.18. The molecule has 168 valence electrons. The molecule has 0 unspecified atom stereocenters. The molecule has 1 N–H and O–H groups in total. The first kappa shape index (κ1) is 22.2. The number of benzene rings is 3. The smallest absolute Gasteiger partial charge is 0.337 e. The number of sulfonamides is 1. The largest absolute Gasteiger partial charge is 0.465 e. The number of hydrogen-bond acceptors (Lipinski definition) is 7. The van der Waals surface area contributed by atoms with Crippen molar-refractivity contribution in [3.8, 4) is 16.8 Å². The Morgan fingerprint density at radius 2 is 1.85 bits per heavy atom. The van der Waals surface area contributed by atoms with E-state index in [1.54, 1.807) is 30.3 Å². The first-order valence-corrected chi connectivity index (χ1v) is 11.6. The Balaban J connectivity index is 1.83. The second kappa shape index (κ2) is 9.21. The van der Waals surface area contributed by atoms with Crippen molar-refractivity contribution in [2.24, 2.45) is 0 Å². The lowest BCUT2D eigenvalue weighted by Gasteiger charge is -2.16. The third-order valence-corrected chi connectivity index (χ3v) is 6.55.